The highest BCUT2D eigenvalue weighted by Crippen LogP contribution is 2.44. The molecule has 1 amide bonds. The third kappa shape index (κ3) is 2.78. The topological polar surface area (TPSA) is 72.8 Å². The largest absolute Gasteiger partial charge is 0.396 e. The fraction of sp³-hybridized carbons (Fsp3) is 0.588. The molecule has 0 spiro atoms. The van der Waals surface area contributed by atoms with E-state index >= 15 is 0 Å². The first-order valence-electron chi connectivity index (χ1n) is 8.49. The van der Waals surface area contributed by atoms with Gasteiger partial charge in [-0.05, 0) is 25.5 Å². The van der Waals surface area contributed by atoms with E-state index in [9.17, 15) is 9.90 Å². The minimum Gasteiger partial charge on any atom is -0.396 e. The van der Waals surface area contributed by atoms with Crippen molar-refractivity contribution in [1.29, 1.82) is 0 Å². The van der Waals surface area contributed by atoms with E-state index in [1.807, 2.05) is 29.3 Å². The number of amides is 1. The van der Waals surface area contributed by atoms with E-state index in [2.05, 4.69) is 20.9 Å². The Labute approximate surface area is 150 Å². The summed E-state index contributed by atoms with van der Waals surface area (Å²) in [6.45, 7) is 3.38. The number of thiophene rings is 1. The second-order valence-electron chi connectivity index (χ2n) is 7.45. The van der Waals surface area contributed by atoms with Crippen molar-refractivity contribution in [1.82, 2.24) is 19.8 Å². The van der Waals surface area contributed by atoms with Crippen molar-refractivity contribution >= 4 is 33.3 Å². The Morgan fingerprint density at radius 1 is 1.40 bits per heavy atom. The molecule has 1 N–H and O–H groups in total. The van der Waals surface area contributed by atoms with E-state index in [1.165, 1.54) is 0 Å². The summed E-state index contributed by atoms with van der Waals surface area (Å²) in [5.41, 5.74) is -0.255. The molecule has 7 nitrogen and oxygen atoms in total. The van der Waals surface area contributed by atoms with Crippen molar-refractivity contribution in [2.24, 2.45) is 11.3 Å². The molecule has 2 aromatic rings. The van der Waals surface area contributed by atoms with E-state index in [-0.39, 0.29) is 23.8 Å². The number of nitrogens with zero attached hydrogens (tertiary/aromatic N) is 5. The Kier molecular flexibility index (Phi) is 4.13. The van der Waals surface area contributed by atoms with Gasteiger partial charge < -0.3 is 19.8 Å². The molecule has 4 heterocycles. The summed E-state index contributed by atoms with van der Waals surface area (Å²) in [5.74, 6) is 1.35. The maximum absolute atomic E-state index is 12.4. The molecule has 0 unspecified atom stereocenters. The number of likely N-dealkylation sites (N-methyl/N-ethyl adjacent to an activating group) is 1. The van der Waals surface area contributed by atoms with E-state index in [4.69, 9.17) is 0 Å². The van der Waals surface area contributed by atoms with Gasteiger partial charge in [-0.3, -0.25) is 4.79 Å². The number of aliphatic hydroxyl groups excluding tert-OH is 1. The van der Waals surface area contributed by atoms with Crippen LogP contribution in [0.2, 0.25) is 0 Å². The molecular formula is C17H23N5O2S. The minimum absolute atomic E-state index is 0.0950. The van der Waals surface area contributed by atoms with Gasteiger partial charge in [-0.25, -0.2) is 9.97 Å². The second-order valence-corrected chi connectivity index (χ2v) is 8.34. The van der Waals surface area contributed by atoms with Crippen LogP contribution in [0.25, 0.3) is 10.2 Å². The van der Waals surface area contributed by atoms with Crippen LogP contribution in [0.5, 0.6) is 0 Å². The first kappa shape index (κ1) is 16.7. The zero-order valence-corrected chi connectivity index (χ0v) is 15.4. The predicted molar refractivity (Wildman–Crippen MR) is 97.8 cm³/mol. The van der Waals surface area contributed by atoms with Crippen LogP contribution in [0.1, 0.15) is 0 Å². The summed E-state index contributed by atoms with van der Waals surface area (Å²) in [7, 11) is 3.80. The third-order valence-corrected chi connectivity index (χ3v) is 6.24. The average Bonchev–Trinajstić information content (AvgIpc) is 3.25. The Morgan fingerprint density at radius 3 is 2.96 bits per heavy atom. The number of rotatable bonds is 4. The van der Waals surface area contributed by atoms with Gasteiger partial charge in [-0.1, -0.05) is 0 Å². The lowest BCUT2D eigenvalue weighted by molar-refractivity contribution is -0.131. The van der Waals surface area contributed by atoms with Crippen LogP contribution >= 0.6 is 11.3 Å². The number of hydrogen-bond donors (Lipinski definition) is 1. The lowest BCUT2D eigenvalue weighted by Crippen LogP contribution is -2.41. The third-order valence-electron chi connectivity index (χ3n) is 5.42. The zero-order chi connectivity index (χ0) is 17.6. The summed E-state index contributed by atoms with van der Waals surface area (Å²) in [6, 6.07) is 2.06. The maximum atomic E-state index is 12.4. The van der Waals surface area contributed by atoms with E-state index in [1.54, 1.807) is 17.7 Å². The SMILES string of the molecule is CN(C)CC(=O)N1C[C@@H]2CN(c3ncnc4sccc34)C[C@]2(CO)C1. The van der Waals surface area contributed by atoms with Crippen molar-refractivity contribution in [3.63, 3.8) is 0 Å². The molecule has 0 bridgehead atoms. The lowest BCUT2D eigenvalue weighted by atomic mass is 9.82. The van der Waals surface area contributed by atoms with Gasteiger partial charge >= 0.3 is 0 Å². The number of aromatic nitrogens is 2. The van der Waals surface area contributed by atoms with Crippen LogP contribution in [0.15, 0.2) is 17.8 Å². The number of carbonyl (C=O) groups is 1. The van der Waals surface area contributed by atoms with Gasteiger partial charge in [0, 0.05) is 37.5 Å². The summed E-state index contributed by atoms with van der Waals surface area (Å²) >= 11 is 1.61. The van der Waals surface area contributed by atoms with Gasteiger partial charge in [0.1, 0.15) is 17.0 Å². The molecule has 0 aliphatic carbocycles. The van der Waals surface area contributed by atoms with Crippen LogP contribution < -0.4 is 4.90 Å². The van der Waals surface area contributed by atoms with Crippen LogP contribution in [0, 0.1) is 11.3 Å². The van der Waals surface area contributed by atoms with Gasteiger partial charge in [0.25, 0.3) is 0 Å². The van der Waals surface area contributed by atoms with Gasteiger partial charge in [0.05, 0.1) is 18.5 Å². The van der Waals surface area contributed by atoms with Crippen molar-refractivity contribution in [2.45, 2.75) is 0 Å². The lowest BCUT2D eigenvalue weighted by Gasteiger charge is -2.28. The summed E-state index contributed by atoms with van der Waals surface area (Å²) < 4.78 is 0. The first-order chi connectivity index (χ1) is 12.0. The van der Waals surface area contributed by atoms with Crippen LogP contribution in [0.4, 0.5) is 5.82 Å². The minimum atomic E-state index is -0.255. The Morgan fingerprint density at radius 2 is 2.24 bits per heavy atom. The van der Waals surface area contributed by atoms with Crippen LogP contribution in [-0.4, -0.2) is 84.2 Å². The molecule has 25 heavy (non-hydrogen) atoms. The molecule has 2 saturated heterocycles. The molecule has 2 aromatic heterocycles. The summed E-state index contributed by atoms with van der Waals surface area (Å²) in [4.78, 5) is 28.3. The van der Waals surface area contributed by atoms with Gasteiger partial charge in [0.15, 0.2) is 0 Å². The van der Waals surface area contributed by atoms with Crippen LogP contribution in [0.3, 0.4) is 0 Å². The van der Waals surface area contributed by atoms with Crippen molar-refractivity contribution in [2.75, 3.05) is 58.3 Å². The standard InChI is InChI=1S/C17H23N5O2S/c1-20(2)7-14(24)21-5-12-6-22(9-17(12,8-21)10-23)15-13-3-4-25-16(13)19-11-18-15/h3-4,11-12,23H,5-10H2,1-2H3/t12-,17+/m1/s1. The van der Waals surface area contributed by atoms with E-state index < -0.39 is 0 Å². The number of likely N-dealkylation sites (tertiary alicyclic amines) is 1. The molecular weight excluding hydrogens is 338 g/mol. The monoisotopic (exact) mass is 361 g/mol. The Bertz CT molecular complexity index is 794. The average molecular weight is 361 g/mol. The van der Waals surface area contributed by atoms with Gasteiger partial charge in [0.2, 0.25) is 5.91 Å². The highest BCUT2D eigenvalue weighted by Gasteiger charge is 2.53. The fourth-order valence-electron chi connectivity index (χ4n) is 4.15. The molecule has 0 aromatic carbocycles. The van der Waals surface area contributed by atoms with E-state index in [0.717, 1.165) is 29.1 Å². The first-order valence-corrected chi connectivity index (χ1v) is 9.37. The number of anilines is 1. The smallest absolute Gasteiger partial charge is 0.236 e. The Balaban J connectivity index is 1.56. The van der Waals surface area contributed by atoms with Crippen molar-refractivity contribution in [3.05, 3.63) is 17.8 Å². The van der Waals surface area contributed by atoms with Gasteiger partial charge in [-0.15, -0.1) is 11.3 Å². The number of aliphatic hydroxyl groups is 1. The zero-order valence-electron chi connectivity index (χ0n) is 14.6. The molecule has 0 saturated carbocycles. The molecule has 2 atom stereocenters. The van der Waals surface area contributed by atoms with Crippen molar-refractivity contribution < 1.29 is 9.90 Å². The number of fused-ring (bicyclic) bond motifs is 2. The highest BCUT2D eigenvalue weighted by atomic mass is 32.1. The predicted octanol–water partition coefficient (Wildman–Crippen LogP) is 0.510. The second kappa shape index (κ2) is 6.19. The Hall–Kier alpha value is -1.77. The molecule has 2 aliphatic heterocycles. The fourth-order valence-corrected chi connectivity index (χ4v) is 4.88. The quantitative estimate of drug-likeness (QED) is 0.856. The van der Waals surface area contributed by atoms with Crippen LogP contribution in [-0.2, 0) is 4.79 Å². The van der Waals surface area contributed by atoms with Crippen molar-refractivity contribution in [3.8, 4) is 0 Å². The molecule has 4 rings (SSSR count). The molecule has 0 radical (unpaired) electrons. The summed E-state index contributed by atoms with van der Waals surface area (Å²) in [6.07, 6.45) is 1.61. The molecule has 2 aliphatic rings. The molecule has 134 valence electrons. The molecule has 8 heteroatoms. The number of carbonyl (C=O) groups excluding carboxylic acids is 1. The van der Waals surface area contributed by atoms with Gasteiger partial charge in [-0.2, -0.15) is 0 Å². The number of hydrogen-bond acceptors (Lipinski definition) is 7. The highest BCUT2D eigenvalue weighted by molar-refractivity contribution is 7.16. The summed E-state index contributed by atoms with van der Waals surface area (Å²) in [5, 5.41) is 13.2. The normalized spacial score (nSPS) is 26.0. The maximum Gasteiger partial charge on any atom is 0.236 e. The van der Waals surface area contributed by atoms with E-state index in [0.29, 0.717) is 19.6 Å². The molecule has 2 fully saturated rings.